The Bertz CT molecular complexity index is 1370. The van der Waals surface area contributed by atoms with Crippen molar-refractivity contribution in [3.63, 3.8) is 0 Å². The van der Waals surface area contributed by atoms with Crippen LogP contribution in [0.25, 0.3) is 6.08 Å². The molecule has 1 amide bonds. The topological polar surface area (TPSA) is 65.8 Å². The quantitative estimate of drug-likeness (QED) is 0.522. The van der Waals surface area contributed by atoms with Crippen molar-refractivity contribution in [2.45, 2.75) is 45.6 Å². The zero-order chi connectivity index (χ0) is 23.2. The first-order chi connectivity index (χ1) is 16.6. The Kier molecular flexibility index (Phi) is 5.97. The van der Waals surface area contributed by atoms with Crippen LogP contribution < -0.4 is 10.4 Å². The molecule has 2 bridgehead atoms. The van der Waals surface area contributed by atoms with Crippen molar-refractivity contribution in [2.75, 3.05) is 18.2 Å². The molecule has 3 heterocycles. The third-order valence-corrected chi connectivity index (χ3v) is 7.30. The summed E-state index contributed by atoms with van der Waals surface area (Å²) in [6.07, 6.45) is 10.7. The molecule has 0 radical (unpaired) electrons. The molecule has 2 aromatic carbocycles. The van der Waals surface area contributed by atoms with Gasteiger partial charge in [-0.25, -0.2) is 0 Å². The van der Waals surface area contributed by atoms with Crippen molar-refractivity contribution in [1.29, 1.82) is 0 Å². The molecule has 3 aliphatic rings. The lowest BCUT2D eigenvalue weighted by Gasteiger charge is -2.44. The van der Waals surface area contributed by atoms with Crippen LogP contribution in [0, 0.1) is 0 Å². The van der Waals surface area contributed by atoms with Gasteiger partial charge in [-0.2, -0.15) is 0 Å². The molecule has 35 heavy (non-hydrogen) atoms. The second kappa shape index (κ2) is 9.10. The minimum atomic E-state index is -0.534. The Balaban J connectivity index is 0.00000253. The average molecular weight is 470 g/mol. The number of amides is 1. The second-order valence-electron chi connectivity index (χ2n) is 9.29. The highest BCUT2D eigenvalue weighted by atomic mass is 16.3. The van der Waals surface area contributed by atoms with Gasteiger partial charge in [0.15, 0.2) is 11.4 Å². The summed E-state index contributed by atoms with van der Waals surface area (Å²) < 4.78 is 1.71. The summed E-state index contributed by atoms with van der Waals surface area (Å²) in [5.74, 6) is -0.779. The molecule has 0 unspecified atom stereocenters. The molecular formula is C29H31N3O3. The lowest BCUT2D eigenvalue weighted by molar-refractivity contribution is 0.0676. The highest BCUT2D eigenvalue weighted by Gasteiger charge is 2.38. The Morgan fingerprint density at radius 1 is 0.914 bits per heavy atom. The maximum atomic E-state index is 13.4. The molecule has 0 spiro atoms. The molecule has 6 nitrogen and oxygen atoms in total. The highest BCUT2D eigenvalue weighted by molar-refractivity contribution is 5.96. The normalized spacial score (nSPS) is 19.7. The molecule has 3 aromatic rings. The molecule has 180 valence electrons. The van der Waals surface area contributed by atoms with Gasteiger partial charge in [-0.05, 0) is 59.9 Å². The summed E-state index contributed by atoms with van der Waals surface area (Å²) >= 11 is 0. The molecule has 1 N–H and O–H groups in total. The van der Waals surface area contributed by atoms with E-state index in [0.29, 0.717) is 13.2 Å². The maximum Gasteiger partial charge on any atom is 0.277 e. The summed E-state index contributed by atoms with van der Waals surface area (Å²) in [6, 6.07) is 16.2. The number of benzene rings is 2. The van der Waals surface area contributed by atoms with E-state index in [9.17, 15) is 14.7 Å². The van der Waals surface area contributed by atoms with Crippen molar-refractivity contribution in [2.24, 2.45) is 0 Å². The van der Waals surface area contributed by atoms with Crippen LogP contribution >= 0.6 is 0 Å². The lowest BCUT2D eigenvalue weighted by atomic mass is 9.89. The molecule has 0 saturated heterocycles. The standard InChI is InChI=1S/C28H27N3O3.CH4/c32-23-15-17-30-26(27(23)33)28(34)29-16-6-2-1-3-9-20-10-7-11-21-14-13-19-8-4-5-12-22(19)25(24(20)21)31(30)18-29;/h3-5,7-12,15,17,25,33H,1-2,6,13-14,16,18H2;1H4/b9-3-;/t25-;/m0./s1. The van der Waals surface area contributed by atoms with Crippen LogP contribution in [0.1, 0.15) is 71.0 Å². The van der Waals surface area contributed by atoms with Gasteiger partial charge in [-0.3, -0.25) is 19.3 Å². The molecular weight excluding hydrogens is 438 g/mol. The summed E-state index contributed by atoms with van der Waals surface area (Å²) in [6.45, 7) is 0.958. The fourth-order valence-electron chi connectivity index (χ4n) is 5.63. The number of pyridine rings is 1. The summed E-state index contributed by atoms with van der Waals surface area (Å²) in [7, 11) is 0. The smallest absolute Gasteiger partial charge is 0.277 e. The zero-order valence-electron chi connectivity index (χ0n) is 19.0. The van der Waals surface area contributed by atoms with Crippen LogP contribution in [0.5, 0.6) is 5.75 Å². The van der Waals surface area contributed by atoms with Crippen LogP contribution in [0.3, 0.4) is 0 Å². The first-order valence-corrected chi connectivity index (χ1v) is 12.0. The highest BCUT2D eigenvalue weighted by Crippen LogP contribution is 2.40. The number of allylic oxidation sites excluding steroid dienone is 1. The Morgan fingerprint density at radius 2 is 1.71 bits per heavy atom. The van der Waals surface area contributed by atoms with E-state index in [-0.39, 0.29) is 25.1 Å². The minimum absolute atomic E-state index is 0. The summed E-state index contributed by atoms with van der Waals surface area (Å²) in [5, 5.41) is 12.8. The van der Waals surface area contributed by atoms with Gasteiger partial charge in [0.05, 0.1) is 6.04 Å². The number of aromatic nitrogens is 1. The van der Waals surface area contributed by atoms with Gasteiger partial charge in [0.2, 0.25) is 5.43 Å². The monoisotopic (exact) mass is 469 g/mol. The van der Waals surface area contributed by atoms with Crippen molar-refractivity contribution in [3.8, 4) is 5.75 Å². The Morgan fingerprint density at radius 3 is 2.60 bits per heavy atom. The third kappa shape index (κ3) is 3.73. The van der Waals surface area contributed by atoms with E-state index in [0.717, 1.165) is 32.1 Å². The van der Waals surface area contributed by atoms with Gasteiger partial charge in [0.25, 0.3) is 5.91 Å². The number of aromatic hydroxyl groups is 1. The first kappa shape index (κ1) is 23.0. The van der Waals surface area contributed by atoms with E-state index in [1.54, 1.807) is 15.8 Å². The molecule has 6 heteroatoms. The number of hydrogen-bond donors (Lipinski definition) is 1. The van der Waals surface area contributed by atoms with Crippen LogP contribution in [0.15, 0.2) is 65.6 Å². The van der Waals surface area contributed by atoms with E-state index < -0.39 is 11.2 Å². The third-order valence-electron chi connectivity index (χ3n) is 7.30. The van der Waals surface area contributed by atoms with Crippen LogP contribution in [0.4, 0.5) is 0 Å². The predicted octanol–water partition coefficient (Wildman–Crippen LogP) is 4.63. The van der Waals surface area contributed by atoms with Crippen molar-refractivity contribution in [3.05, 3.63) is 105 Å². The average Bonchev–Trinajstić information content (AvgIpc) is 3.01. The lowest BCUT2D eigenvalue weighted by Crippen LogP contribution is -2.55. The van der Waals surface area contributed by atoms with E-state index >= 15 is 0 Å². The van der Waals surface area contributed by atoms with Crippen LogP contribution in [-0.2, 0) is 12.8 Å². The molecule has 0 saturated carbocycles. The number of nitrogens with zero attached hydrogens (tertiary/aromatic N) is 3. The molecule has 1 aliphatic carbocycles. The summed E-state index contributed by atoms with van der Waals surface area (Å²) in [4.78, 5) is 27.5. The molecule has 1 aromatic heterocycles. The van der Waals surface area contributed by atoms with Gasteiger partial charge >= 0.3 is 0 Å². The van der Waals surface area contributed by atoms with E-state index in [1.807, 2.05) is 0 Å². The van der Waals surface area contributed by atoms with Crippen molar-refractivity contribution in [1.82, 2.24) is 9.58 Å². The van der Waals surface area contributed by atoms with Crippen molar-refractivity contribution >= 4 is 12.0 Å². The number of rotatable bonds is 0. The fraction of sp³-hybridized carbons (Fsp3) is 0.310. The molecule has 0 fully saturated rings. The van der Waals surface area contributed by atoms with Gasteiger partial charge in [-0.15, -0.1) is 0 Å². The minimum Gasteiger partial charge on any atom is -0.502 e. The predicted molar refractivity (Wildman–Crippen MR) is 138 cm³/mol. The SMILES string of the molecule is C.O=C1c2c(O)c(=O)ccn2N2CN1CCCC/C=C\c1cccc3c1[C@@H]2c1ccccc1CC3. The Hall–Kier alpha value is -3.80. The van der Waals surface area contributed by atoms with E-state index in [1.165, 1.54) is 33.9 Å². The fourth-order valence-corrected chi connectivity index (χ4v) is 5.63. The largest absolute Gasteiger partial charge is 0.502 e. The number of hydrogen-bond acceptors (Lipinski definition) is 4. The van der Waals surface area contributed by atoms with Crippen LogP contribution in [0.2, 0.25) is 0 Å². The number of carbonyl (C=O) groups excluding carboxylic acids is 1. The van der Waals surface area contributed by atoms with Crippen LogP contribution in [-0.4, -0.2) is 33.8 Å². The first-order valence-electron chi connectivity index (χ1n) is 12.0. The summed E-state index contributed by atoms with van der Waals surface area (Å²) in [5.41, 5.74) is 5.67. The molecule has 2 aliphatic heterocycles. The van der Waals surface area contributed by atoms with Gasteiger partial charge in [-0.1, -0.05) is 62.0 Å². The van der Waals surface area contributed by atoms with E-state index in [2.05, 4.69) is 59.6 Å². The van der Waals surface area contributed by atoms with Gasteiger partial charge < -0.3 is 10.0 Å². The Labute approximate surface area is 205 Å². The van der Waals surface area contributed by atoms with Gasteiger partial charge in [0.1, 0.15) is 6.67 Å². The van der Waals surface area contributed by atoms with E-state index in [4.69, 9.17) is 0 Å². The molecule has 6 rings (SSSR count). The zero-order valence-corrected chi connectivity index (χ0v) is 19.0. The van der Waals surface area contributed by atoms with Crippen molar-refractivity contribution < 1.29 is 9.90 Å². The molecule has 1 atom stereocenters. The van der Waals surface area contributed by atoms with Gasteiger partial charge in [0, 0.05) is 18.8 Å². The number of fused-ring (bicyclic) bond motifs is 7. The number of carbonyl (C=O) groups is 1. The second-order valence-corrected chi connectivity index (χ2v) is 9.29. The maximum absolute atomic E-state index is 13.4. The number of aryl methyl sites for hydroxylation is 2.